The van der Waals surface area contributed by atoms with Gasteiger partial charge in [-0.1, -0.05) is 11.6 Å². The van der Waals surface area contributed by atoms with Gasteiger partial charge in [-0.25, -0.2) is 12.8 Å². The van der Waals surface area contributed by atoms with Gasteiger partial charge in [0.25, 0.3) is 0 Å². The van der Waals surface area contributed by atoms with Crippen molar-refractivity contribution in [2.75, 3.05) is 12.8 Å². The van der Waals surface area contributed by atoms with Gasteiger partial charge in [-0.05, 0) is 26.8 Å². The first kappa shape index (κ1) is 19.9. The molecule has 140 valence electrons. The number of halogens is 2. The maximum atomic E-state index is 14.0. The lowest BCUT2D eigenvalue weighted by molar-refractivity contribution is -0.165. The maximum absolute atomic E-state index is 14.0. The summed E-state index contributed by atoms with van der Waals surface area (Å²) in [5, 5.41) is -0.139. The number of ether oxygens (including phenoxy) is 2. The first-order chi connectivity index (χ1) is 11.4. The van der Waals surface area contributed by atoms with Gasteiger partial charge in [0, 0.05) is 25.6 Å². The number of rotatable bonds is 4. The molecule has 1 aliphatic heterocycles. The van der Waals surface area contributed by atoms with Gasteiger partial charge in [-0.2, -0.15) is 4.31 Å². The number of hydrogen-bond donors (Lipinski definition) is 0. The molecular weight excluding hydrogens is 373 g/mol. The lowest BCUT2D eigenvalue weighted by atomic mass is 9.86. The van der Waals surface area contributed by atoms with Crippen LogP contribution in [0.25, 0.3) is 0 Å². The van der Waals surface area contributed by atoms with Crippen LogP contribution < -0.4 is 4.74 Å². The Morgan fingerprint density at radius 1 is 1.44 bits per heavy atom. The van der Waals surface area contributed by atoms with Gasteiger partial charge in [0.15, 0.2) is 6.10 Å². The number of likely N-dealkylation sites (N-methyl/N-ethyl adjacent to an activating group) is 1. The molecule has 9 heteroatoms. The SMILES string of the molecule is CCS(=O)(=O)N(C)[C@@H]1c2cc(F)c(Cl)cc2OC(C)(C)[C@H]1OC(C)=O. The predicted molar refractivity (Wildman–Crippen MR) is 91.6 cm³/mol. The van der Waals surface area contributed by atoms with Crippen molar-refractivity contribution in [2.45, 2.75) is 45.4 Å². The summed E-state index contributed by atoms with van der Waals surface area (Å²) in [5.41, 5.74) is -0.797. The minimum absolute atomic E-state index is 0.139. The van der Waals surface area contributed by atoms with Gasteiger partial charge in [0.1, 0.15) is 17.2 Å². The molecule has 0 aromatic heterocycles. The molecular formula is C16H21ClFNO5S. The Kier molecular flexibility index (Phi) is 5.37. The van der Waals surface area contributed by atoms with Crippen molar-refractivity contribution >= 4 is 27.6 Å². The molecule has 0 aliphatic carbocycles. The van der Waals surface area contributed by atoms with Crippen molar-refractivity contribution in [1.29, 1.82) is 0 Å². The normalized spacial score (nSPS) is 22.2. The number of sulfonamides is 1. The van der Waals surface area contributed by atoms with Gasteiger partial charge in [0.2, 0.25) is 10.0 Å². The van der Waals surface area contributed by atoms with Gasteiger partial charge in [-0.15, -0.1) is 0 Å². The summed E-state index contributed by atoms with van der Waals surface area (Å²) in [6.07, 6.45) is -0.968. The summed E-state index contributed by atoms with van der Waals surface area (Å²) in [4.78, 5) is 11.6. The fraction of sp³-hybridized carbons (Fsp3) is 0.562. The fourth-order valence-electron chi connectivity index (χ4n) is 2.90. The highest BCUT2D eigenvalue weighted by Gasteiger charge is 2.50. The highest BCUT2D eigenvalue weighted by molar-refractivity contribution is 7.89. The van der Waals surface area contributed by atoms with E-state index in [1.807, 2.05) is 0 Å². The monoisotopic (exact) mass is 393 g/mol. The third kappa shape index (κ3) is 3.75. The van der Waals surface area contributed by atoms with Crippen LogP contribution in [0.1, 0.15) is 39.3 Å². The second-order valence-electron chi connectivity index (χ2n) is 6.40. The molecule has 2 rings (SSSR count). The lowest BCUT2D eigenvalue weighted by Crippen LogP contribution is -2.55. The smallest absolute Gasteiger partial charge is 0.303 e. The molecule has 0 N–H and O–H groups in total. The number of carbonyl (C=O) groups excluding carboxylic acids is 1. The third-order valence-electron chi connectivity index (χ3n) is 4.20. The molecule has 25 heavy (non-hydrogen) atoms. The zero-order valence-electron chi connectivity index (χ0n) is 14.7. The Balaban J connectivity index is 2.71. The van der Waals surface area contributed by atoms with E-state index in [-0.39, 0.29) is 22.1 Å². The predicted octanol–water partition coefficient (Wildman–Crippen LogP) is 2.90. The second kappa shape index (κ2) is 6.74. The Morgan fingerprint density at radius 2 is 2.04 bits per heavy atom. The Hall–Kier alpha value is -1.38. The maximum Gasteiger partial charge on any atom is 0.303 e. The van der Waals surface area contributed by atoms with Crippen LogP contribution in [0, 0.1) is 5.82 Å². The molecule has 1 aliphatic rings. The summed E-state index contributed by atoms with van der Waals surface area (Å²) in [7, 11) is -2.28. The van der Waals surface area contributed by atoms with E-state index in [0.29, 0.717) is 0 Å². The molecule has 1 aromatic rings. The van der Waals surface area contributed by atoms with E-state index in [0.717, 1.165) is 10.4 Å². The molecule has 1 heterocycles. The Labute approximate surface area is 151 Å². The zero-order chi connectivity index (χ0) is 19.2. The van der Waals surface area contributed by atoms with E-state index in [1.54, 1.807) is 13.8 Å². The van der Waals surface area contributed by atoms with Gasteiger partial charge < -0.3 is 9.47 Å². The highest BCUT2D eigenvalue weighted by atomic mass is 35.5. The van der Waals surface area contributed by atoms with Gasteiger partial charge in [0.05, 0.1) is 16.8 Å². The number of hydrogen-bond acceptors (Lipinski definition) is 5. The number of esters is 1. The van der Waals surface area contributed by atoms with Crippen molar-refractivity contribution in [1.82, 2.24) is 4.31 Å². The van der Waals surface area contributed by atoms with Crippen molar-refractivity contribution in [2.24, 2.45) is 0 Å². The number of benzene rings is 1. The van der Waals surface area contributed by atoms with E-state index in [1.165, 1.54) is 27.0 Å². The summed E-state index contributed by atoms with van der Waals surface area (Å²) in [6, 6.07) is 1.48. The van der Waals surface area contributed by atoms with Gasteiger partial charge in [-0.3, -0.25) is 4.79 Å². The summed E-state index contributed by atoms with van der Waals surface area (Å²) in [6.45, 7) is 6.06. The minimum atomic E-state index is -3.65. The van der Waals surface area contributed by atoms with Crippen LogP contribution in [-0.2, 0) is 19.6 Å². The highest BCUT2D eigenvalue weighted by Crippen LogP contribution is 2.46. The quantitative estimate of drug-likeness (QED) is 0.735. The summed E-state index contributed by atoms with van der Waals surface area (Å²) in [5.74, 6) is -1.20. The van der Waals surface area contributed by atoms with Crippen LogP contribution >= 0.6 is 11.6 Å². The summed E-state index contributed by atoms with van der Waals surface area (Å²) >= 11 is 5.83. The molecule has 0 bridgehead atoms. The standard InChI is InChI=1S/C16H21ClFNO5S/c1-6-25(21,22)19(5)14-10-7-12(18)11(17)8-13(10)24-16(3,4)15(14)23-9(2)20/h7-8,14-15H,6H2,1-5H3/t14-,15+/m1/s1. The van der Waals surface area contributed by atoms with Crippen LogP contribution in [0.5, 0.6) is 5.75 Å². The number of nitrogens with zero attached hydrogens (tertiary/aromatic N) is 1. The Bertz CT molecular complexity index is 796. The van der Waals surface area contributed by atoms with Crippen LogP contribution in [0.4, 0.5) is 4.39 Å². The van der Waals surface area contributed by atoms with Crippen LogP contribution in [0.15, 0.2) is 12.1 Å². The largest absolute Gasteiger partial charge is 0.483 e. The van der Waals surface area contributed by atoms with E-state index < -0.39 is 39.6 Å². The number of fused-ring (bicyclic) bond motifs is 1. The molecule has 0 saturated heterocycles. The molecule has 0 radical (unpaired) electrons. The molecule has 1 aromatic carbocycles. The minimum Gasteiger partial charge on any atom is -0.483 e. The molecule has 0 amide bonds. The molecule has 0 fully saturated rings. The molecule has 0 spiro atoms. The van der Waals surface area contributed by atoms with E-state index in [4.69, 9.17) is 21.1 Å². The van der Waals surface area contributed by atoms with Crippen LogP contribution in [0.3, 0.4) is 0 Å². The average molecular weight is 394 g/mol. The summed E-state index contributed by atoms with van der Waals surface area (Å²) < 4.78 is 51.2. The van der Waals surface area contributed by atoms with Crippen molar-refractivity contribution < 1.29 is 27.1 Å². The first-order valence-electron chi connectivity index (χ1n) is 7.71. The molecule has 6 nitrogen and oxygen atoms in total. The zero-order valence-corrected chi connectivity index (χ0v) is 16.2. The van der Waals surface area contributed by atoms with Crippen LogP contribution in [0.2, 0.25) is 5.02 Å². The lowest BCUT2D eigenvalue weighted by Gasteiger charge is -2.46. The second-order valence-corrected chi connectivity index (χ2v) is 9.13. The van der Waals surface area contributed by atoms with E-state index in [2.05, 4.69) is 0 Å². The van der Waals surface area contributed by atoms with Crippen molar-refractivity contribution in [3.8, 4) is 5.75 Å². The van der Waals surface area contributed by atoms with Crippen molar-refractivity contribution in [3.63, 3.8) is 0 Å². The average Bonchev–Trinajstić information content (AvgIpc) is 2.49. The molecule has 0 saturated carbocycles. The van der Waals surface area contributed by atoms with Crippen molar-refractivity contribution in [3.05, 3.63) is 28.5 Å². The third-order valence-corrected chi connectivity index (χ3v) is 6.33. The molecule has 0 unspecified atom stereocenters. The fourth-order valence-corrected chi connectivity index (χ4v) is 4.03. The number of carbonyl (C=O) groups is 1. The van der Waals surface area contributed by atoms with Gasteiger partial charge >= 0.3 is 5.97 Å². The van der Waals surface area contributed by atoms with E-state index in [9.17, 15) is 17.6 Å². The first-order valence-corrected chi connectivity index (χ1v) is 9.70. The van der Waals surface area contributed by atoms with Crippen LogP contribution in [-0.4, -0.2) is 43.2 Å². The topological polar surface area (TPSA) is 72.9 Å². The molecule has 2 atom stereocenters. The van der Waals surface area contributed by atoms with E-state index >= 15 is 0 Å². The Morgan fingerprint density at radius 3 is 2.56 bits per heavy atom.